The Morgan fingerprint density at radius 2 is 2.00 bits per heavy atom. The van der Waals surface area contributed by atoms with Crippen LogP contribution < -0.4 is 10.3 Å². The van der Waals surface area contributed by atoms with E-state index < -0.39 is 0 Å². The van der Waals surface area contributed by atoms with Crippen LogP contribution in [0.25, 0.3) is 11.3 Å². The van der Waals surface area contributed by atoms with Crippen LogP contribution in [0.4, 0.5) is 0 Å². The highest BCUT2D eigenvalue weighted by Gasteiger charge is 2.19. The maximum absolute atomic E-state index is 12.2. The van der Waals surface area contributed by atoms with E-state index >= 15 is 0 Å². The zero-order valence-electron chi connectivity index (χ0n) is 16.9. The second-order valence-corrected chi connectivity index (χ2v) is 7.81. The van der Waals surface area contributed by atoms with Gasteiger partial charge < -0.3 is 9.64 Å². The van der Waals surface area contributed by atoms with Gasteiger partial charge in [0.1, 0.15) is 5.75 Å². The molecule has 5 heteroatoms. The summed E-state index contributed by atoms with van der Waals surface area (Å²) >= 11 is 0. The Kier molecular flexibility index (Phi) is 6.32. The van der Waals surface area contributed by atoms with Gasteiger partial charge in [-0.05, 0) is 83.8 Å². The third-order valence-corrected chi connectivity index (χ3v) is 5.30. The minimum Gasteiger partial charge on any atom is -0.494 e. The average Bonchev–Trinajstić information content (AvgIpc) is 3.06. The summed E-state index contributed by atoms with van der Waals surface area (Å²) in [6.07, 6.45) is 3.69. The van der Waals surface area contributed by atoms with Crippen molar-refractivity contribution in [3.8, 4) is 17.0 Å². The summed E-state index contributed by atoms with van der Waals surface area (Å²) in [4.78, 5) is 14.7. The van der Waals surface area contributed by atoms with Crippen molar-refractivity contribution in [3.63, 3.8) is 0 Å². The smallest absolute Gasteiger partial charge is 0.269 e. The zero-order valence-corrected chi connectivity index (χ0v) is 16.9. The van der Waals surface area contributed by atoms with Crippen LogP contribution in [0.5, 0.6) is 5.75 Å². The van der Waals surface area contributed by atoms with E-state index in [1.54, 1.807) is 4.68 Å². The highest BCUT2D eigenvalue weighted by Crippen LogP contribution is 2.21. The molecule has 0 aliphatic carbocycles. The first-order valence-electron chi connectivity index (χ1n) is 10.0. The predicted molar refractivity (Wildman–Crippen MR) is 109 cm³/mol. The highest BCUT2D eigenvalue weighted by molar-refractivity contribution is 5.60. The van der Waals surface area contributed by atoms with E-state index in [9.17, 15) is 4.79 Å². The quantitative estimate of drug-likeness (QED) is 0.691. The molecule has 0 bridgehead atoms. The lowest BCUT2D eigenvalue weighted by Crippen LogP contribution is -2.28. The Bertz CT molecular complexity index is 811. The Labute approximate surface area is 162 Å². The van der Waals surface area contributed by atoms with E-state index in [1.807, 2.05) is 51.1 Å². The monoisotopic (exact) mass is 369 g/mol. The van der Waals surface area contributed by atoms with Gasteiger partial charge in [-0.2, -0.15) is 5.10 Å². The summed E-state index contributed by atoms with van der Waals surface area (Å²) in [5.41, 5.74) is 2.49. The fourth-order valence-electron chi connectivity index (χ4n) is 3.63. The summed E-state index contributed by atoms with van der Waals surface area (Å²) < 4.78 is 7.44. The van der Waals surface area contributed by atoms with E-state index in [-0.39, 0.29) is 11.6 Å². The summed E-state index contributed by atoms with van der Waals surface area (Å²) in [5.74, 6) is 0.877. The predicted octanol–water partition coefficient (Wildman–Crippen LogP) is 4.05. The van der Waals surface area contributed by atoms with Gasteiger partial charge in [0.2, 0.25) is 0 Å². The normalized spacial score (nSPS) is 17.6. The van der Waals surface area contributed by atoms with Crippen molar-refractivity contribution in [2.24, 2.45) is 0 Å². The first-order chi connectivity index (χ1) is 13.0. The molecule has 1 aromatic heterocycles. The molecule has 1 aromatic carbocycles. The van der Waals surface area contributed by atoms with Crippen molar-refractivity contribution in [1.82, 2.24) is 14.7 Å². The Balaban J connectivity index is 1.59. The van der Waals surface area contributed by atoms with Crippen LogP contribution in [0.15, 0.2) is 35.1 Å². The molecule has 1 atom stereocenters. The molecule has 2 heterocycles. The van der Waals surface area contributed by atoms with Crippen molar-refractivity contribution in [2.75, 3.05) is 19.7 Å². The van der Waals surface area contributed by atoms with Gasteiger partial charge in [-0.25, -0.2) is 4.68 Å². The molecule has 146 valence electrons. The average molecular weight is 370 g/mol. The molecular weight excluding hydrogens is 338 g/mol. The van der Waals surface area contributed by atoms with E-state index in [0.717, 1.165) is 36.6 Å². The van der Waals surface area contributed by atoms with Crippen LogP contribution >= 0.6 is 0 Å². The molecule has 0 N–H and O–H groups in total. The molecular formula is C22H31N3O2. The Morgan fingerprint density at radius 1 is 1.26 bits per heavy atom. The largest absolute Gasteiger partial charge is 0.494 e. The first-order valence-corrected chi connectivity index (χ1v) is 10.0. The lowest BCUT2D eigenvalue weighted by molar-refractivity contribution is 0.230. The number of hydrogen-bond acceptors (Lipinski definition) is 4. The minimum atomic E-state index is -0.0268. The van der Waals surface area contributed by atoms with Gasteiger partial charge in [-0.15, -0.1) is 0 Å². The summed E-state index contributed by atoms with van der Waals surface area (Å²) in [6, 6.07) is 10.6. The van der Waals surface area contributed by atoms with Crippen LogP contribution in [0, 0.1) is 6.92 Å². The fraction of sp³-hybridized carbons (Fsp3) is 0.545. The number of aromatic nitrogens is 2. The van der Waals surface area contributed by atoms with E-state index in [0.29, 0.717) is 11.6 Å². The van der Waals surface area contributed by atoms with Crippen LogP contribution in [-0.4, -0.2) is 40.4 Å². The van der Waals surface area contributed by atoms with Gasteiger partial charge in [-0.3, -0.25) is 4.79 Å². The fourth-order valence-corrected chi connectivity index (χ4v) is 3.63. The van der Waals surface area contributed by atoms with Gasteiger partial charge in [0, 0.05) is 23.7 Å². The topological polar surface area (TPSA) is 47.4 Å². The van der Waals surface area contributed by atoms with E-state index in [1.165, 1.54) is 19.4 Å². The number of ether oxygens (including phenoxy) is 1. The molecule has 1 fully saturated rings. The van der Waals surface area contributed by atoms with E-state index in [2.05, 4.69) is 16.9 Å². The molecule has 2 aromatic rings. The standard InChI is InChI=1S/C22H31N3O2/c1-16(2)25-22(26)17(3)15-21(23-25)19-8-10-20(11-9-19)27-14-6-13-24-12-5-7-18(24)4/h8-11,15-16,18H,5-7,12-14H2,1-4H3. The molecule has 27 heavy (non-hydrogen) atoms. The molecule has 3 rings (SSSR count). The van der Waals surface area contributed by atoms with Crippen LogP contribution in [-0.2, 0) is 0 Å². The summed E-state index contributed by atoms with van der Waals surface area (Å²) in [6.45, 7) is 11.2. The van der Waals surface area contributed by atoms with Crippen molar-refractivity contribution in [2.45, 2.75) is 59.0 Å². The molecule has 0 radical (unpaired) electrons. The number of hydrogen-bond donors (Lipinski definition) is 0. The van der Waals surface area contributed by atoms with Crippen LogP contribution in [0.1, 0.15) is 51.6 Å². The maximum atomic E-state index is 12.2. The van der Waals surface area contributed by atoms with Crippen molar-refractivity contribution in [3.05, 3.63) is 46.2 Å². The van der Waals surface area contributed by atoms with Crippen LogP contribution in [0.3, 0.4) is 0 Å². The summed E-state index contributed by atoms with van der Waals surface area (Å²) in [5, 5.41) is 4.52. The molecule has 5 nitrogen and oxygen atoms in total. The molecule has 0 saturated carbocycles. The Morgan fingerprint density at radius 3 is 2.63 bits per heavy atom. The zero-order chi connectivity index (χ0) is 19.4. The third-order valence-electron chi connectivity index (χ3n) is 5.30. The van der Waals surface area contributed by atoms with Crippen LogP contribution in [0.2, 0.25) is 0 Å². The van der Waals surface area contributed by atoms with E-state index in [4.69, 9.17) is 4.74 Å². The molecule has 1 aliphatic rings. The molecule has 1 saturated heterocycles. The second kappa shape index (κ2) is 8.70. The number of likely N-dealkylation sites (tertiary alicyclic amines) is 1. The second-order valence-electron chi connectivity index (χ2n) is 7.81. The number of nitrogens with zero attached hydrogens (tertiary/aromatic N) is 3. The van der Waals surface area contributed by atoms with Gasteiger partial charge in [0.25, 0.3) is 5.56 Å². The summed E-state index contributed by atoms with van der Waals surface area (Å²) in [7, 11) is 0. The van der Waals surface area contributed by atoms with Crippen molar-refractivity contribution in [1.29, 1.82) is 0 Å². The minimum absolute atomic E-state index is 0.0268. The van der Waals surface area contributed by atoms with Gasteiger partial charge in [0.05, 0.1) is 18.3 Å². The number of rotatable bonds is 7. The number of aryl methyl sites for hydroxylation is 1. The molecule has 1 aliphatic heterocycles. The van der Waals surface area contributed by atoms with Gasteiger partial charge >= 0.3 is 0 Å². The lowest BCUT2D eigenvalue weighted by Gasteiger charge is -2.20. The molecule has 0 spiro atoms. The highest BCUT2D eigenvalue weighted by atomic mass is 16.5. The number of benzene rings is 1. The van der Waals surface area contributed by atoms with Gasteiger partial charge in [0.15, 0.2) is 0 Å². The van der Waals surface area contributed by atoms with Gasteiger partial charge in [-0.1, -0.05) is 0 Å². The maximum Gasteiger partial charge on any atom is 0.269 e. The SMILES string of the molecule is Cc1cc(-c2ccc(OCCCN3CCCC3C)cc2)nn(C(C)C)c1=O. The third kappa shape index (κ3) is 4.78. The molecule has 0 amide bonds. The lowest BCUT2D eigenvalue weighted by atomic mass is 10.1. The van der Waals surface area contributed by atoms with Crippen molar-refractivity contribution < 1.29 is 4.74 Å². The van der Waals surface area contributed by atoms with Crippen molar-refractivity contribution >= 4 is 0 Å². The first kappa shape index (κ1) is 19.6. The Hall–Kier alpha value is -2.14. The molecule has 1 unspecified atom stereocenters.